The van der Waals surface area contributed by atoms with E-state index in [2.05, 4.69) is 5.32 Å². The maximum atomic E-state index is 12.3. The molecule has 1 aliphatic rings. The predicted molar refractivity (Wildman–Crippen MR) is 86.2 cm³/mol. The van der Waals surface area contributed by atoms with Gasteiger partial charge in [-0.15, -0.1) is 0 Å². The van der Waals surface area contributed by atoms with Crippen LogP contribution in [0.4, 0.5) is 5.69 Å². The lowest BCUT2D eigenvalue weighted by atomic mass is 10.1. The minimum Gasteiger partial charge on any atom is -0.383 e. The topological polar surface area (TPSA) is 58.6 Å². The summed E-state index contributed by atoms with van der Waals surface area (Å²) < 4.78 is 5.10. The van der Waals surface area contributed by atoms with E-state index in [4.69, 9.17) is 4.74 Å². The number of rotatable bonds is 6. The summed E-state index contributed by atoms with van der Waals surface area (Å²) in [5, 5.41) is 2.98. The number of hydrogen-bond acceptors (Lipinski definition) is 3. The molecule has 0 saturated carbocycles. The highest BCUT2D eigenvalue weighted by Gasteiger charge is 2.24. The molecular formula is C17H24N2O3. The standard InChI is InChI=1S/C17H24N2O3/c1-4-14(11-22-3)18-17(21)13-6-7-15-12(10-13)8-9-19(15)16(20)5-2/h6-7,10,14H,4-5,8-9,11H2,1-3H3,(H,18,21). The molecule has 1 unspecified atom stereocenters. The smallest absolute Gasteiger partial charge is 0.251 e. The van der Waals surface area contributed by atoms with E-state index >= 15 is 0 Å². The Labute approximate surface area is 131 Å². The molecule has 0 aromatic heterocycles. The molecule has 0 bridgehead atoms. The summed E-state index contributed by atoms with van der Waals surface area (Å²) in [6, 6.07) is 5.58. The summed E-state index contributed by atoms with van der Waals surface area (Å²) in [4.78, 5) is 26.0. The van der Waals surface area contributed by atoms with Crippen molar-refractivity contribution in [1.29, 1.82) is 0 Å². The largest absolute Gasteiger partial charge is 0.383 e. The van der Waals surface area contributed by atoms with Crippen LogP contribution in [0.1, 0.15) is 42.6 Å². The van der Waals surface area contributed by atoms with Crippen LogP contribution in [-0.4, -0.2) is 38.1 Å². The van der Waals surface area contributed by atoms with Gasteiger partial charge >= 0.3 is 0 Å². The SMILES string of the molecule is CCC(=O)N1CCc2cc(C(=O)NC(CC)COC)ccc21. The fourth-order valence-electron chi connectivity index (χ4n) is 2.72. The second kappa shape index (κ2) is 7.40. The first-order valence-corrected chi connectivity index (χ1v) is 7.83. The van der Waals surface area contributed by atoms with Crippen LogP contribution in [0.25, 0.3) is 0 Å². The fourth-order valence-corrected chi connectivity index (χ4v) is 2.72. The minimum atomic E-state index is -0.0908. The number of amides is 2. The van der Waals surface area contributed by atoms with Crippen molar-refractivity contribution in [2.75, 3.05) is 25.2 Å². The molecule has 0 fully saturated rings. The highest BCUT2D eigenvalue weighted by molar-refractivity contribution is 5.98. The van der Waals surface area contributed by atoms with E-state index in [1.807, 2.05) is 26.0 Å². The minimum absolute atomic E-state index is 0.0175. The first kappa shape index (κ1) is 16.5. The van der Waals surface area contributed by atoms with E-state index in [0.29, 0.717) is 25.1 Å². The summed E-state index contributed by atoms with van der Waals surface area (Å²) >= 11 is 0. The Bertz CT molecular complexity index is 557. The molecule has 0 aliphatic carbocycles. The molecule has 1 N–H and O–H groups in total. The lowest BCUT2D eigenvalue weighted by Gasteiger charge is -2.18. The third-order valence-corrected chi connectivity index (χ3v) is 4.04. The molecule has 1 aromatic rings. The van der Waals surface area contributed by atoms with Crippen LogP contribution >= 0.6 is 0 Å². The quantitative estimate of drug-likeness (QED) is 0.876. The van der Waals surface area contributed by atoms with Crippen LogP contribution in [0.2, 0.25) is 0 Å². The van der Waals surface area contributed by atoms with Gasteiger partial charge in [0.2, 0.25) is 5.91 Å². The van der Waals surface area contributed by atoms with Crippen molar-refractivity contribution in [1.82, 2.24) is 5.32 Å². The third kappa shape index (κ3) is 3.47. The summed E-state index contributed by atoms with van der Waals surface area (Å²) in [5.74, 6) is 0.0362. The Kier molecular flexibility index (Phi) is 5.55. The lowest BCUT2D eigenvalue weighted by Crippen LogP contribution is -2.37. The third-order valence-electron chi connectivity index (χ3n) is 4.04. The van der Waals surface area contributed by atoms with Gasteiger partial charge in [0.15, 0.2) is 0 Å². The molecule has 2 amide bonds. The molecule has 120 valence electrons. The van der Waals surface area contributed by atoms with Crippen molar-refractivity contribution in [3.63, 3.8) is 0 Å². The summed E-state index contributed by atoms with van der Waals surface area (Å²) in [6.45, 7) is 5.09. The molecule has 2 rings (SSSR count). The number of hydrogen-bond donors (Lipinski definition) is 1. The van der Waals surface area contributed by atoms with Crippen molar-refractivity contribution in [3.8, 4) is 0 Å². The van der Waals surface area contributed by atoms with Gasteiger partial charge in [-0.05, 0) is 36.6 Å². The van der Waals surface area contributed by atoms with Crippen LogP contribution in [0, 0.1) is 0 Å². The highest BCUT2D eigenvalue weighted by Crippen LogP contribution is 2.29. The van der Waals surface area contributed by atoms with Crippen molar-refractivity contribution >= 4 is 17.5 Å². The normalized spacial score (nSPS) is 14.6. The van der Waals surface area contributed by atoms with E-state index in [-0.39, 0.29) is 17.9 Å². The molecule has 0 radical (unpaired) electrons. The van der Waals surface area contributed by atoms with Crippen molar-refractivity contribution in [2.45, 2.75) is 39.2 Å². The number of nitrogens with one attached hydrogen (secondary N) is 1. The van der Waals surface area contributed by atoms with Gasteiger partial charge in [-0.25, -0.2) is 0 Å². The molecule has 1 heterocycles. The Morgan fingerprint density at radius 1 is 1.36 bits per heavy atom. The number of benzene rings is 1. The number of ether oxygens (including phenoxy) is 1. The summed E-state index contributed by atoms with van der Waals surface area (Å²) in [7, 11) is 1.63. The molecule has 1 aliphatic heterocycles. The van der Waals surface area contributed by atoms with Crippen molar-refractivity contribution in [3.05, 3.63) is 29.3 Å². The first-order valence-electron chi connectivity index (χ1n) is 7.83. The summed E-state index contributed by atoms with van der Waals surface area (Å²) in [6.07, 6.45) is 2.12. The van der Waals surface area contributed by atoms with E-state index in [0.717, 1.165) is 24.1 Å². The molecule has 22 heavy (non-hydrogen) atoms. The van der Waals surface area contributed by atoms with Crippen LogP contribution in [0.3, 0.4) is 0 Å². The van der Waals surface area contributed by atoms with Crippen LogP contribution in [-0.2, 0) is 16.0 Å². The Balaban J connectivity index is 2.12. The van der Waals surface area contributed by atoms with E-state index < -0.39 is 0 Å². The highest BCUT2D eigenvalue weighted by atomic mass is 16.5. The van der Waals surface area contributed by atoms with E-state index in [1.54, 1.807) is 18.1 Å². The van der Waals surface area contributed by atoms with Crippen LogP contribution in [0.5, 0.6) is 0 Å². The second-order valence-electron chi connectivity index (χ2n) is 5.53. The van der Waals surface area contributed by atoms with Gasteiger partial charge in [-0.1, -0.05) is 13.8 Å². The van der Waals surface area contributed by atoms with Gasteiger partial charge < -0.3 is 15.0 Å². The van der Waals surface area contributed by atoms with Gasteiger partial charge in [-0.2, -0.15) is 0 Å². The Morgan fingerprint density at radius 2 is 2.14 bits per heavy atom. The second-order valence-corrected chi connectivity index (χ2v) is 5.53. The maximum Gasteiger partial charge on any atom is 0.251 e. The zero-order chi connectivity index (χ0) is 16.1. The molecule has 5 nitrogen and oxygen atoms in total. The van der Waals surface area contributed by atoms with E-state index in [1.165, 1.54) is 0 Å². The van der Waals surface area contributed by atoms with Gasteiger partial charge in [-0.3, -0.25) is 9.59 Å². The molecular weight excluding hydrogens is 280 g/mol. The maximum absolute atomic E-state index is 12.3. The van der Waals surface area contributed by atoms with Crippen molar-refractivity contribution in [2.24, 2.45) is 0 Å². The molecule has 5 heteroatoms. The van der Waals surface area contributed by atoms with Gasteiger partial charge in [0.25, 0.3) is 5.91 Å². The summed E-state index contributed by atoms with van der Waals surface area (Å²) in [5.41, 5.74) is 2.64. The van der Waals surface area contributed by atoms with Gasteiger partial charge in [0, 0.05) is 31.3 Å². The van der Waals surface area contributed by atoms with Crippen molar-refractivity contribution < 1.29 is 14.3 Å². The average molecular weight is 304 g/mol. The zero-order valence-electron chi connectivity index (χ0n) is 13.5. The number of carbonyl (C=O) groups excluding carboxylic acids is 2. The number of anilines is 1. The number of nitrogens with zero attached hydrogens (tertiary/aromatic N) is 1. The fraction of sp³-hybridized carbons (Fsp3) is 0.529. The first-order chi connectivity index (χ1) is 10.6. The molecule has 0 saturated heterocycles. The predicted octanol–water partition coefficient (Wildman–Crippen LogP) is 2.14. The molecule has 1 atom stereocenters. The van der Waals surface area contributed by atoms with Crippen LogP contribution < -0.4 is 10.2 Å². The molecule has 0 spiro atoms. The van der Waals surface area contributed by atoms with E-state index in [9.17, 15) is 9.59 Å². The molecule has 1 aromatic carbocycles. The number of fused-ring (bicyclic) bond motifs is 1. The average Bonchev–Trinajstić information content (AvgIpc) is 2.96. The number of carbonyl (C=O) groups is 2. The Morgan fingerprint density at radius 3 is 2.77 bits per heavy atom. The number of methoxy groups -OCH3 is 1. The lowest BCUT2D eigenvalue weighted by molar-refractivity contribution is -0.118. The monoisotopic (exact) mass is 304 g/mol. The van der Waals surface area contributed by atoms with Crippen LogP contribution in [0.15, 0.2) is 18.2 Å². The van der Waals surface area contributed by atoms with Gasteiger partial charge in [0.1, 0.15) is 0 Å². The Hall–Kier alpha value is -1.88. The van der Waals surface area contributed by atoms with Gasteiger partial charge in [0.05, 0.1) is 12.6 Å². The zero-order valence-corrected chi connectivity index (χ0v) is 13.5.